The van der Waals surface area contributed by atoms with Crippen LogP contribution in [0.3, 0.4) is 0 Å². The number of nitriles is 1. The molecule has 1 fully saturated rings. The van der Waals surface area contributed by atoms with Crippen molar-refractivity contribution in [1.29, 1.82) is 5.26 Å². The van der Waals surface area contributed by atoms with Crippen LogP contribution in [0.25, 0.3) is 0 Å². The predicted octanol–water partition coefficient (Wildman–Crippen LogP) is 0.832. The van der Waals surface area contributed by atoms with Gasteiger partial charge in [-0.1, -0.05) is 13.3 Å². The fourth-order valence-electron chi connectivity index (χ4n) is 2.15. The molecular weight excluding hydrogens is 232 g/mol. The van der Waals surface area contributed by atoms with E-state index in [0.29, 0.717) is 39.0 Å². The van der Waals surface area contributed by atoms with Gasteiger partial charge >= 0.3 is 0 Å². The van der Waals surface area contributed by atoms with E-state index in [1.54, 1.807) is 0 Å². The van der Waals surface area contributed by atoms with Crippen LogP contribution in [0.5, 0.6) is 0 Å². The van der Waals surface area contributed by atoms with Gasteiger partial charge in [0.05, 0.1) is 6.07 Å². The molecule has 2 N–H and O–H groups in total. The molecule has 0 aromatic carbocycles. The summed E-state index contributed by atoms with van der Waals surface area (Å²) < 4.78 is 5.20. The van der Waals surface area contributed by atoms with Crippen molar-refractivity contribution < 1.29 is 14.6 Å². The number of hydrogen-bond donors (Lipinski definition) is 2. The van der Waals surface area contributed by atoms with Gasteiger partial charge in [0, 0.05) is 26.4 Å². The molecule has 18 heavy (non-hydrogen) atoms. The summed E-state index contributed by atoms with van der Waals surface area (Å²) in [6, 6.07) is 2.15. The third-order valence-electron chi connectivity index (χ3n) is 3.66. The van der Waals surface area contributed by atoms with Crippen molar-refractivity contribution >= 4 is 5.91 Å². The molecule has 1 atom stereocenters. The number of carbonyl (C=O) groups excluding carboxylic acids is 1. The normalized spacial score (nSPS) is 19.8. The molecule has 0 aliphatic carbocycles. The van der Waals surface area contributed by atoms with E-state index in [2.05, 4.69) is 11.4 Å². The van der Waals surface area contributed by atoms with E-state index < -0.39 is 5.41 Å². The minimum atomic E-state index is -0.921. The van der Waals surface area contributed by atoms with Gasteiger partial charge in [-0.3, -0.25) is 4.79 Å². The largest absolute Gasteiger partial charge is 0.396 e. The fourth-order valence-corrected chi connectivity index (χ4v) is 2.15. The molecule has 0 aromatic rings. The smallest absolute Gasteiger partial charge is 0.240 e. The Bertz CT molecular complexity index is 306. The lowest BCUT2D eigenvalue weighted by Crippen LogP contribution is -2.45. The molecular formula is C13H22N2O3. The van der Waals surface area contributed by atoms with E-state index in [1.807, 2.05) is 6.92 Å². The van der Waals surface area contributed by atoms with Crippen molar-refractivity contribution in [2.24, 2.45) is 11.3 Å². The summed E-state index contributed by atoms with van der Waals surface area (Å²) in [6.45, 7) is 3.62. The minimum Gasteiger partial charge on any atom is -0.396 e. The molecule has 1 aliphatic heterocycles. The van der Waals surface area contributed by atoms with Crippen LogP contribution in [0, 0.1) is 22.7 Å². The van der Waals surface area contributed by atoms with Gasteiger partial charge in [-0.2, -0.15) is 5.26 Å². The van der Waals surface area contributed by atoms with E-state index in [4.69, 9.17) is 9.84 Å². The first-order valence-electron chi connectivity index (χ1n) is 6.56. The third-order valence-corrected chi connectivity index (χ3v) is 3.66. The lowest BCUT2D eigenvalue weighted by atomic mass is 9.80. The van der Waals surface area contributed by atoms with Crippen LogP contribution in [-0.4, -0.2) is 37.4 Å². The van der Waals surface area contributed by atoms with Crippen LogP contribution in [0.4, 0.5) is 0 Å². The van der Waals surface area contributed by atoms with Crippen molar-refractivity contribution in [3.63, 3.8) is 0 Å². The van der Waals surface area contributed by atoms with Crippen molar-refractivity contribution in [1.82, 2.24) is 5.32 Å². The van der Waals surface area contributed by atoms with Crippen LogP contribution in [-0.2, 0) is 9.53 Å². The van der Waals surface area contributed by atoms with E-state index in [0.717, 1.165) is 6.42 Å². The molecule has 1 amide bonds. The van der Waals surface area contributed by atoms with E-state index >= 15 is 0 Å². The maximum atomic E-state index is 12.1. The highest BCUT2D eigenvalue weighted by molar-refractivity contribution is 5.85. The van der Waals surface area contributed by atoms with Crippen molar-refractivity contribution in [2.75, 3.05) is 26.4 Å². The number of rotatable bonds is 6. The summed E-state index contributed by atoms with van der Waals surface area (Å²) >= 11 is 0. The Balaban J connectivity index is 2.50. The third kappa shape index (κ3) is 3.69. The zero-order valence-electron chi connectivity index (χ0n) is 10.9. The zero-order valence-corrected chi connectivity index (χ0v) is 10.9. The van der Waals surface area contributed by atoms with Gasteiger partial charge in [0.2, 0.25) is 5.91 Å². The standard InChI is InChI=1S/C13H22N2O3/c1-2-11(3-6-16)9-15-12(17)13(10-14)4-7-18-8-5-13/h11,16H,2-9H2,1H3,(H,15,17). The number of aliphatic hydroxyl groups excluding tert-OH is 1. The Morgan fingerprint density at radius 1 is 1.56 bits per heavy atom. The fraction of sp³-hybridized carbons (Fsp3) is 0.846. The number of carbonyl (C=O) groups is 1. The lowest BCUT2D eigenvalue weighted by Gasteiger charge is -2.29. The first-order chi connectivity index (χ1) is 8.68. The highest BCUT2D eigenvalue weighted by Gasteiger charge is 2.40. The van der Waals surface area contributed by atoms with Crippen LogP contribution < -0.4 is 5.32 Å². The Labute approximate surface area is 108 Å². The van der Waals surface area contributed by atoms with Crippen LogP contribution in [0.15, 0.2) is 0 Å². The minimum absolute atomic E-state index is 0.131. The van der Waals surface area contributed by atoms with Crippen molar-refractivity contribution in [2.45, 2.75) is 32.6 Å². The summed E-state index contributed by atoms with van der Waals surface area (Å²) in [4.78, 5) is 12.1. The molecule has 5 nitrogen and oxygen atoms in total. The van der Waals surface area contributed by atoms with Crippen molar-refractivity contribution in [3.05, 3.63) is 0 Å². The van der Waals surface area contributed by atoms with E-state index in [-0.39, 0.29) is 18.4 Å². The summed E-state index contributed by atoms with van der Waals surface area (Å²) in [5, 5.41) is 21.0. The predicted molar refractivity (Wildman–Crippen MR) is 66.6 cm³/mol. The van der Waals surface area contributed by atoms with Crippen LogP contribution in [0.1, 0.15) is 32.6 Å². The van der Waals surface area contributed by atoms with Gasteiger partial charge < -0.3 is 15.2 Å². The molecule has 1 unspecified atom stereocenters. The van der Waals surface area contributed by atoms with Gasteiger partial charge in [0.1, 0.15) is 5.41 Å². The summed E-state index contributed by atoms with van der Waals surface area (Å²) in [7, 11) is 0. The van der Waals surface area contributed by atoms with Gasteiger partial charge in [0.15, 0.2) is 0 Å². The molecule has 1 rings (SSSR count). The summed E-state index contributed by atoms with van der Waals surface area (Å²) in [5.41, 5.74) is -0.921. The molecule has 0 spiro atoms. The average Bonchev–Trinajstić information content (AvgIpc) is 2.43. The molecule has 102 valence electrons. The second-order valence-corrected chi connectivity index (χ2v) is 4.80. The summed E-state index contributed by atoms with van der Waals surface area (Å²) in [6.07, 6.45) is 2.52. The molecule has 0 radical (unpaired) electrons. The van der Waals surface area contributed by atoms with Crippen LogP contribution >= 0.6 is 0 Å². The molecule has 0 bridgehead atoms. The Morgan fingerprint density at radius 2 is 2.22 bits per heavy atom. The van der Waals surface area contributed by atoms with E-state index in [9.17, 15) is 10.1 Å². The Morgan fingerprint density at radius 3 is 2.72 bits per heavy atom. The maximum absolute atomic E-state index is 12.1. The number of nitrogens with one attached hydrogen (secondary N) is 1. The number of nitrogens with zero attached hydrogens (tertiary/aromatic N) is 1. The Kier molecular flexibility index (Phi) is 6.10. The first kappa shape index (κ1) is 14.9. The van der Waals surface area contributed by atoms with Gasteiger partial charge in [-0.15, -0.1) is 0 Å². The van der Waals surface area contributed by atoms with Gasteiger partial charge in [0.25, 0.3) is 0 Å². The molecule has 0 saturated carbocycles. The monoisotopic (exact) mass is 254 g/mol. The quantitative estimate of drug-likeness (QED) is 0.735. The average molecular weight is 254 g/mol. The van der Waals surface area contributed by atoms with Crippen LogP contribution in [0.2, 0.25) is 0 Å². The Hall–Kier alpha value is -1.12. The molecule has 0 aromatic heterocycles. The van der Waals surface area contributed by atoms with Crippen molar-refractivity contribution in [3.8, 4) is 6.07 Å². The van der Waals surface area contributed by atoms with E-state index in [1.165, 1.54) is 0 Å². The van der Waals surface area contributed by atoms with Gasteiger partial charge in [-0.05, 0) is 25.2 Å². The molecule has 1 saturated heterocycles. The number of ether oxygens (including phenoxy) is 1. The SMILES string of the molecule is CCC(CCO)CNC(=O)C1(C#N)CCOCC1. The first-order valence-corrected chi connectivity index (χ1v) is 6.56. The maximum Gasteiger partial charge on any atom is 0.240 e. The number of hydrogen-bond acceptors (Lipinski definition) is 4. The highest BCUT2D eigenvalue weighted by atomic mass is 16.5. The molecule has 5 heteroatoms. The molecule has 1 aliphatic rings. The summed E-state index contributed by atoms with van der Waals surface area (Å²) in [5.74, 6) is 0.0826. The molecule has 1 heterocycles. The second kappa shape index (κ2) is 7.34. The lowest BCUT2D eigenvalue weighted by molar-refractivity contribution is -0.132. The topological polar surface area (TPSA) is 82.4 Å². The number of aliphatic hydroxyl groups is 1. The second-order valence-electron chi connectivity index (χ2n) is 4.80. The highest BCUT2D eigenvalue weighted by Crippen LogP contribution is 2.29. The number of amides is 1. The van der Waals surface area contributed by atoms with Gasteiger partial charge in [-0.25, -0.2) is 0 Å². The zero-order chi connectivity index (χ0) is 13.4.